The van der Waals surface area contributed by atoms with E-state index >= 15 is 0 Å². The first-order chi connectivity index (χ1) is 14.7. The highest BCUT2D eigenvalue weighted by molar-refractivity contribution is 5.98. The summed E-state index contributed by atoms with van der Waals surface area (Å²) < 4.78 is 10.7. The summed E-state index contributed by atoms with van der Waals surface area (Å²) >= 11 is 0. The van der Waals surface area contributed by atoms with E-state index in [1.54, 1.807) is 0 Å². The fourth-order valence-electron chi connectivity index (χ4n) is 4.03. The maximum absolute atomic E-state index is 12.5. The molecule has 2 fully saturated rings. The molecule has 2 aliphatic rings. The number of nitrogens with one attached hydrogen (secondary N) is 2. The maximum Gasteiger partial charge on any atom is 0.216 e. The molecule has 2 aromatic carbocycles. The van der Waals surface area contributed by atoms with Gasteiger partial charge in [-0.1, -0.05) is 48.5 Å². The van der Waals surface area contributed by atoms with Crippen LogP contribution in [-0.4, -0.2) is 77.3 Å². The van der Waals surface area contributed by atoms with E-state index in [0.717, 1.165) is 74.9 Å². The Morgan fingerprint density at radius 2 is 0.933 bits per heavy atom. The van der Waals surface area contributed by atoms with E-state index in [1.807, 2.05) is 48.5 Å². The zero-order valence-electron chi connectivity index (χ0n) is 17.3. The molecular formula is C24H30N2O4+2. The van der Waals surface area contributed by atoms with Crippen molar-refractivity contribution in [1.29, 1.82) is 0 Å². The van der Waals surface area contributed by atoms with E-state index in [4.69, 9.17) is 9.47 Å². The minimum Gasteiger partial charge on any atom is -0.370 e. The second kappa shape index (κ2) is 10.1. The number of rotatable bonds is 7. The van der Waals surface area contributed by atoms with E-state index < -0.39 is 0 Å². The van der Waals surface area contributed by atoms with Gasteiger partial charge in [-0.05, 0) is 11.1 Å². The molecule has 0 aromatic heterocycles. The van der Waals surface area contributed by atoms with Gasteiger partial charge in [0, 0.05) is 11.1 Å². The summed E-state index contributed by atoms with van der Waals surface area (Å²) in [5.74, 6) is 0.343. The molecule has 0 aliphatic carbocycles. The van der Waals surface area contributed by atoms with Crippen LogP contribution in [0.15, 0.2) is 48.5 Å². The van der Waals surface area contributed by atoms with Crippen molar-refractivity contribution in [1.82, 2.24) is 0 Å². The lowest BCUT2D eigenvalue weighted by Gasteiger charge is -2.23. The Labute approximate surface area is 177 Å². The number of hydrogen-bond donors (Lipinski definition) is 2. The van der Waals surface area contributed by atoms with Crippen LogP contribution >= 0.6 is 0 Å². The standard InChI is InChI=1S/C24H28N2O4/c27-23(17-25-9-13-29-14-10-25)21-5-1-19(2-6-21)20-3-7-22(8-4-20)24(28)18-26-11-15-30-16-12-26/h1-8H,9-18H2/p+2. The fraction of sp³-hybridized carbons (Fsp3) is 0.417. The summed E-state index contributed by atoms with van der Waals surface area (Å²) in [4.78, 5) is 27.6. The summed E-state index contributed by atoms with van der Waals surface area (Å²) in [6.07, 6.45) is 0. The van der Waals surface area contributed by atoms with Crippen molar-refractivity contribution < 1.29 is 28.9 Å². The fourth-order valence-corrected chi connectivity index (χ4v) is 4.03. The minimum absolute atomic E-state index is 0.171. The summed E-state index contributed by atoms with van der Waals surface area (Å²) in [7, 11) is 0. The lowest BCUT2D eigenvalue weighted by Crippen LogP contribution is -3.14. The van der Waals surface area contributed by atoms with Gasteiger partial charge >= 0.3 is 0 Å². The number of benzene rings is 2. The molecule has 2 aromatic rings. The van der Waals surface area contributed by atoms with Crippen molar-refractivity contribution in [3.8, 4) is 11.1 Å². The summed E-state index contributed by atoms with van der Waals surface area (Å²) in [6, 6.07) is 15.5. The smallest absolute Gasteiger partial charge is 0.216 e. The van der Waals surface area contributed by atoms with Crippen LogP contribution in [0.2, 0.25) is 0 Å². The Kier molecular flexibility index (Phi) is 7.02. The first-order valence-corrected chi connectivity index (χ1v) is 10.8. The highest BCUT2D eigenvalue weighted by Crippen LogP contribution is 2.20. The molecule has 2 aliphatic heterocycles. The molecule has 2 heterocycles. The Balaban J connectivity index is 1.35. The van der Waals surface area contributed by atoms with Crippen molar-refractivity contribution in [2.45, 2.75) is 0 Å². The first-order valence-electron chi connectivity index (χ1n) is 10.8. The molecule has 2 N–H and O–H groups in total. The number of ether oxygens (including phenoxy) is 2. The average Bonchev–Trinajstić information content (AvgIpc) is 2.80. The lowest BCUT2D eigenvalue weighted by molar-refractivity contribution is -0.899. The van der Waals surface area contributed by atoms with Gasteiger partial charge in [-0.2, -0.15) is 0 Å². The van der Waals surface area contributed by atoms with Crippen LogP contribution in [0.1, 0.15) is 20.7 Å². The van der Waals surface area contributed by atoms with E-state index in [2.05, 4.69) is 0 Å². The van der Waals surface area contributed by atoms with Gasteiger partial charge in [0.25, 0.3) is 0 Å². The van der Waals surface area contributed by atoms with E-state index in [9.17, 15) is 9.59 Å². The largest absolute Gasteiger partial charge is 0.370 e. The van der Waals surface area contributed by atoms with Gasteiger partial charge in [-0.25, -0.2) is 0 Å². The van der Waals surface area contributed by atoms with Gasteiger partial charge < -0.3 is 19.3 Å². The van der Waals surface area contributed by atoms with Crippen molar-refractivity contribution in [3.63, 3.8) is 0 Å². The third kappa shape index (κ3) is 5.40. The van der Waals surface area contributed by atoms with Crippen molar-refractivity contribution in [3.05, 3.63) is 59.7 Å². The molecule has 0 atom stereocenters. The molecule has 2 saturated heterocycles. The Hall–Kier alpha value is -2.38. The van der Waals surface area contributed by atoms with Gasteiger partial charge in [0.15, 0.2) is 0 Å². The maximum atomic E-state index is 12.5. The number of hydrogen-bond acceptors (Lipinski definition) is 4. The molecule has 6 heteroatoms. The lowest BCUT2D eigenvalue weighted by atomic mass is 10.00. The second-order valence-electron chi connectivity index (χ2n) is 8.08. The molecule has 0 bridgehead atoms. The van der Waals surface area contributed by atoms with Crippen LogP contribution in [0.3, 0.4) is 0 Å². The van der Waals surface area contributed by atoms with E-state index in [1.165, 1.54) is 9.80 Å². The monoisotopic (exact) mass is 410 g/mol. The van der Waals surface area contributed by atoms with Crippen LogP contribution in [0.5, 0.6) is 0 Å². The van der Waals surface area contributed by atoms with Crippen LogP contribution in [0.25, 0.3) is 11.1 Å². The van der Waals surface area contributed by atoms with Crippen molar-refractivity contribution >= 4 is 11.6 Å². The summed E-state index contributed by atoms with van der Waals surface area (Å²) in [6.45, 7) is 7.52. The third-order valence-electron chi connectivity index (χ3n) is 5.97. The Morgan fingerprint density at radius 3 is 1.27 bits per heavy atom. The third-order valence-corrected chi connectivity index (χ3v) is 5.97. The molecule has 0 unspecified atom stereocenters. The van der Waals surface area contributed by atoms with Gasteiger partial charge in [0.05, 0.1) is 26.4 Å². The zero-order chi connectivity index (χ0) is 20.8. The van der Waals surface area contributed by atoms with Gasteiger partial charge in [-0.15, -0.1) is 0 Å². The number of carbonyl (C=O) groups excluding carboxylic acids is 2. The quantitative estimate of drug-likeness (QED) is 0.607. The van der Waals surface area contributed by atoms with Crippen molar-refractivity contribution in [2.75, 3.05) is 65.7 Å². The molecule has 0 radical (unpaired) electrons. The molecule has 6 nitrogen and oxygen atoms in total. The molecular weight excluding hydrogens is 380 g/mol. The summed E-state index contributed by atoms with van der Waals surface area (Å²) in [5, 5.41) is 0. The second-order valence-corrected chi connectivity index (χ2v) is 8.08. The van der Waals surface area contributed by atoms with Crippen LogP contribution in [0, 0.1) is 0 Å². The van der Waals surface area contributed by atoms with Crippen LogP contribution in [0.4, 0.5) is 0 Å². The van der Waals surface area contributed by atoms with Crippen LogP contribution in [-0.2, 0) is 9.47 Å². The number of carbonyl (C=O) groups is 2. The zero-order valence-corrected chi connectivity index (χ0v) is 17.3. The predicted octanol–water partition coefficient (Wildman–Crippen LogP) is -0.451. The number of ketones is 2. The molecule has 0 amide bonds. The molecule has 158 valence electrons. The minimum atomic E-state index is 0.171. The normalized spacial score (nSPS) is 18.3. The van der Waals surface area contributed by atoms with Crippen LogP contribution < -0.4 is 9.80 Å². The topological polar surface area (TPSA) is 61.5 Å². The van der Waals surface area contributed by atoms with Gasteiger partial charge in [0.2, 0.25) is 11.6 Å². The number of morpholine rings is 2. The predicted molar refractivity (Wildman–Crippen MR) is 113 cm³/mol. The molecule has 0 spiro atoms. The molecule has 0 saturated carbocycles. The highest BCUT2D eigenvalue weighted by atomic mass is 16.5. The van der Waals surface area contributed by atoms with Gasteiger partial charge in [-0.3, -0.25) is 9.59 Å². The first kappa shape index (κ1) is 20.9. The number of Topliss-reactive ketones (excluding diaryl/α,β-unsaturated/α-hetero) is 2. The van der Waals surface area contributed by atoms with E-state index in [-0.39, 0.29) is 11.6 Å². The van der Waals surface area contributed by atoms with Crippen molar-refractivity contribution in [2.24, 2.45) is 0 Å². The van der Waals surface area contributed by atoms with Gasteiger partial charge in [0.1, 0.15) is 39.3 Å². The number of quaternary nitrogens is 2. The molecule has 30 heavy (non-hydrogen) atoms. The van der Waals surface area contributed by atoms with E-state index in [0.29, 0.717) is 13.1 Å². The average molecular weight is 411 g/mol. The molecule has 4 rings (SSSR count). The summed E-state index contributed by atoms with van der Waals surface area (Å²) in [5.41, 5.74) is 3.59. The Morgan fingerprint density at radius 1 is 0.600 bits per heavy atom. The highest BCUT2D eigenvalue weighted by Gasteiger charge is 2.20. The SMILES string of the molecule is O=C(C[NH+]1CCOCC1)c1ccc(-c2ccc(C(=O)C[NH+]3CCOCC3)cc2)cc1. The Bertz CT molecular complexity index is 778.